The largest absolute Gasteiger partial charge is 0.494 e. The second-order valence-corrected chi connectivity index (χ2v) is 12.4. The zero-order valence-electron chi connectivity index (χ0n) is 24.9. The molecule has 0 N–H and O–H groups in total. The van der Waals surface area contributed by atoms with Crippen LogP contribution >= 0.6 is 0 Å². The van der Waals surface area contributed by atoms with Gasteiger partial charge in [0.05, 0.1) is 27.6 Å². The summed E-state index contributed by atoms with van der Waals surface area (Å²) in [6.45, 7) is 2.70. The van der Waals surface area contributed by atoms with Crippen molar-refractivity contribution in [1.29, 1.82) is 0 Å². The summed E-state index contributed by atoms with van der Waals surface area (Å²) in [6.07, 6.45) is 5.90. The van der Waals surface area contributed by atoms with E-state index in [1.54, 1.807) is 0 Å². The average Bonchev–Trinajstić information content (AvgIpc) is 3.63. The molecular formula is C38H37BN2OSi. The summed E-state index contributed by atoms with van der Waals surface area (Å²) < 4.78 is 7.91. The van der Waals surface area contributed by atoms with Gasteiger partial charge in [-0.05, 0) is 46.9 Å². The minimum absolute atomic E-state index is 0.244. The Morgan fingerprint density at radius 1 is 0.721 bits per heavy atom. The SMILES string of the molecule is BC=C(c1ccccc1)c1ccccc1.CCOc1ccc([SiH2]C(c2ccccc2)(c2ccccc2)n2ccnc2)cc1. The molecule has 43 heavy (non-hydrogen) atoms. The fraction of sp³-hybridized carbons (Fsp3) is 0.0789. The van der Waals surface area contributed by atoms with Gasteiger partial charge in [-0.25, -0.2) is 4.98 Å². The molecule has 0 atom stereocenters. The Bertz CT molecular complexity index is 1590. The molecule has 212 valence electrons. The summed E-state index contributed by atoms with van der Waals surface area (Å²) in [7, 11) is 1.25. The molecule has 6 aromatic rings. The van der Waals surface area contributed by atoms with Crippen molar-refractivity contribution in [1.82, 2.24) is 9.55 Å². The molecule has 0 radical (unpaired) electrons. The second kappa shape index (κ2) is 14.9. The average molecular weight is 577 g/mol. The minimum atomic E-state index is -0.832. The highest BCUT2D eigenvalue weighted by molar-refractivity contribution is 6.57. The Labute approximate surface area is 258 Å². The maximum atomic E-state index is 5.63. The van der Waals surface area contributed by atoms with Gasteiger partial charge in [-0.1, -0.05) is 139 Å². The molecule has 3 nitrogen and oxygen atoms in total. The van der Waals surface area contributed by atoms with Gasteiger partial charge in [0.2, 0.25) is 0 Å². The van der Waals surface area contributed by atoms with Crippen LogP contribution in [-0.2, 0) is 5.16 Å². The first-order valence-corrected chi connectivity index (χ1v) is 16.2. The van der Waals surface area contributed by atoms with Crippen LogP contribution in [0.15, 0.2) is 170 Å². The number of hydrogen-bond acceptors (Lipinski definition) is 2. The van der Waals surface area contributed by atoms with Crippen molar-refractivity contribution in [2.24, 2.45) is 0 Å². The van der Waals surface area contributed by atoms with E-state index in [-0.39, 0.29) is 5.16 Å². The molecule has 0 aliphatic rings. The standard InChI is InChI=1S/C24H24N2OSi.C14H13B/c1-2-27-22-13-15-23(16-14-22)28-24(26-18-17-25-19-26,20-9-5-3-6-10-20)21-11-7-4-8-12-21;15-11-14(12-7-3-1-4-8-12)13-9-5-2-6-10-13/h3-19H,2,28H2,1H3;1-11H,15H2. The molecule has 0 aliphatic heterocycles. The smallest absolute Gasteiger partial charge is 0.130 e. The normalized spacial score (nSPS) is 11.0. The van der Waals surface area contributed by atoms with Gasteiger partial charge in [-0.15, -0.1) is 5.98 Å². The number of imidazole rings is 1. The van der Waals surface area contributed by atoms with Crippen LogP contribution in [0.4, 0.5) is 0 Å². The highest BCUT2D eigenvalue weighted by Crippen LogP contribution is 2.33. The van der Waals surface area contributed by atoms with Crippen LogP contribution in [0.3, 0.4) is 0 Å². The van der Waals surface area contributed by atoms with E-state index in [9.17, 15) is 0 Å². The first kappa shape index (κ1) is 29.6. The number of aromatic nitrogens is 2. The number of rotatable bonds is 9. The highest BCUT2D eigenvalue weighted by atomic mass is 28.2. The maximum Gasteiger partial charge on any atom is 0.130 e. The predicted octanol–water partition coefficient (Wildman–Crippen LogP) is 6.23. The number of nitrogens with zero attached hydrogens (tertiary/aromatic N) is 2. The van der Waals surface area contributed by atoms with Gasteiger partial charge in [0.1, 0.15) is 13.6 Å². The third-order valence-corrected chi connectivity index (χ3v) is 10.2. The Hall–Kier alpha value is -4.87. The van der Waals surface area contributed by atoms with E-state index in [0.717, 1.165) is 5.75 Å². The molecule has 6 rings (SSSR count). The fourth-order valence-electron chi connectivity index (χ4n) is 5.57. The van der Waals surface area contributed by atoms with E-state index >= 15 is 0 Å². The summed E-state index contributed by atoms with van der Waals surface area (Å²) in [5, 5.41) is 1.14. The van der Waals surface area contributed by atoms with Crippen molar-refractivity contribution in [3.8, 4) is 5.75 Å². The minimum Gasteiger partial charge on any atom is -0.494 e. The third-order valence-electron chi connectivity index (χ3n) is 7.60. The lowest BCUT2D eigenvalue weighted by Crippen LogP contribution is -2.46. The van der Waals surface area contributed by atoms with Crippen molar-refractivity contribution in [2.45, 2.75) is 12.1 Å². The molecule has 0 unspecified atom stereocenters. The van der Waals surface area contributed by atoms with Gasteiger partial charge in [0.25, 0.3) is 0 Å². The monoisotopic (exact) mass is 576 g/mol. The second-order valence-electron chi connectivity index (χ2n) is 10.3. The predicted molar refractivity (Wildman–Crippen MR) is 186 cm³/mol. The van der Waals surface area contributed by atoms with Crippen molar-refractivity contribution >= 4 is 28.1 Å². The molecule has 5 aromatic carbocycles. The van der Waals surface area contributed by atoms with Crippen LogP contribution in [-0.4, -0.2) is 33.5 Å². The molecule has 0 amide bonds. The lowest BCUT2D eigenvalue weighted by atomic mass is 9.92. The number of ether oxygens (including phenoxy) is 1. The molecule has 0 spiro atoms. The Kier molecular flexibility index (Phi) is 10.2. The number of benzene rings is 5. The quantitative estimate of drug-likeness (QED) is 0.191. The summed E-state index contributed by atoms with van der Waals surface area (Å²) in [6, 6.07) is 51.1. The molecule has 0 saturated carbocycles. The zero-order chi connectivity index (χ0) is 29.7. The Balaban J connectivity index is 0.000000207. The molecule has 0 bridgehead atoms. The van der Waals surface area contributed by atoms with E-state index in [1.165, 1.54) is 33.0 Å². The van der Waals surface area contributed by atoms with Gasteiger partial charge in [0, 0.05) is 12.4 Å². The van der Waals surface area contributed by atoms with Crippen LogP contribution < -0.4 is 9.92 Å². The lowest BCUT2D eigenvalue weighted by Gasteiger charge is -2.37. The Morgan fingerprint density at radius 2 is 1.21 bits per heavy atom. The van der Waals surface area contributed by atoms with E-state index in [2.05, 4.69) is 163 Å². The van der Waals surface area contributed by atoms with Crippen LogP contribution in [0, 0.1) is 0 Å². The molecular weight excluding hydrogens is 539 g/mol. The van der Waals surface area contributed by atoms with Gasteiger partial charge in [-0.3, -0.25) is 0 Å². The summed E-state index contributed by atoms with van der Waals surface area (Å²) >= 11 is 0. The first-order chi connectivity index (χ1) is 21.2. The van der Waals surface area contributed by atoms with E-state index in [0.29, 0.717) is 6.61 Å². The molecule has 0 fully saturated rings. The molecule has 1 heterocycles. The van der Waals surface area contributed by atoms with Gasteiger partial charge < -0.3 is 9.30 Å². The first-order valence-electron chi connectivity index (χ1n) is 14.8. The van der Waals surface area contributed by atoms with E-state index in [1.807, 2.05) is 31.6 Å². The van der Waals surface area contributed by atoms with Gasteiger partial charge in [-0.2, -0.15) is 0 Å². The van der Waals surface area contributed by atoms with Crippen LogP contribution in [0.5, 0.6) is 5.75 Å². The van der Waals surface area contributed by atoms with Gasteiger partial charge in [0.15, 0.2) is 0 Å². The topological polar surface area (TPSA) is 27.1 Å². The molecule has 0 aliphatic carbocycles. The summed E-state index contributed by atoms with van der Waals surface area (Å²) in [4.78, 5) is 4.38. The van der Waals surface area contributed by atoms with Gasteiger partial charge >= 0.3 is 0 Å². The van der Waals surface area contributed by atoms with E-state index in [4.69, 9.17) is 4.74 Å². The van der Waals surface area contributed by atoms with Crippen LogP contribution in [0.2, 0.25) is 0 Å². The fourth-order valence-corrected chi connectivity index (χ4v) is 7.89. The molecule has 5 heteroatoms. The Morgan fingerprint density at radius 3 is 1.63 bits per heavy atom. The van der Waals surface area contributed by atoms with Crippen molar-refractivity contribution in [2.75, 3.05) is 6.61 Å². The molecule has 1 aromatic heterocycles. The molecule has 0 saturated heterocycles. The van der Waals surface area contributed by atoms with Crippen molar-refractivity contribution in [3.63, 3.8) is 0 Å². The van der Waals surface area contributed by atoms with Crippen molar-refractivity contribution in [3.05, 3.63) is 193 Å². The van der Waals surface area contributed by atoms with Crippen molar-refractivity contribution < 1.29 is 4.74 Å². The maximum absolute atomic E-state index is 5.63. The van der Waals surface area contributed by atoms with E-state index < -0.39 is 9.52 Å². The number of hydrogen-bond donors (Lipinski definition) is 0. The van der Waals surface area contributed by atoms with Crippen LogP contribution in [0.1, 0.15) is 29.2 Å². The third kappa shape index (κ3) is 7.14. The zero-order valence-corrected chi connectivity index (χ0v) is 26.3. The lowest BCUT2D eigenvalue weighted by molar-refractivity contribution is 0.340. The highest BCUT2D eigenvalue weighted by Gasteiger charge is 2.36. The summed E-state index contributed by atoms with van der Waals surface area (Å²) in [5.41, 5.74) is 6.41. The summed E-state index contributed by atoms with van der Waals surface area (Å²) in [5.74, 6) is 3.08. The van der Waals surface area contributed by atoms with Crippen LogP contribution in [0.25, 0.3) is 5.57 Å².